The minimum Gasteiger partial charge on any atom is -0.350 e. The van der Waals surface area contributed by atoms with Gasteiger partial charge in [0.1, 0.15) is 5.52 Å². The highest BCUT2D eigenvalue weighted by Gasteiger charge is 2.12. The molecule has 0 radical (unpaired) electrons. The number of aromatic nitrogens is 3. The van der Waals surface area contributed by atoms with E-state index >= 15 is 0 Å². The Labute approximate surface area is 96.6 Å². The number of halogens is 1. The van der Waals surface area contributed by atoms with E-state index in [-0.39, 0.29) is 11.1 Å². The molecule has 5 nitrogen and oxygen atoms in total. The van der Waals surface area contributed by atoms with Crippen LogP contribution in [-0.4, -0.2) is 15.2 Å². The van der Waals surface area contributed by atoms with Crippen LogP contribution < -0.4 is 11.1 Å². The molecule has 1 aromatic carbocycles. The number of aromatic amines is 3. The molecule has 6 heteroatoms. The van der Waals surface area contributed by atoms with E-state index in [1.807, 2.05) is 18.2 Å². The average molecular weight is 280 g/mol. The number of hydrogen-bond donors (Lipinski definition) is 3. The van der Waals surface area contributed by atoms with E-state index < -0.39 is 0 Å². The van der Waals surface area contributed by atoms with Crippen molar-refractivity contribution in [3.8, 4) is 0 Å². The molecule has 16 heavy (non-hydrogen) atoms. The second-order valence-electron chi connectivity index (χ2n) is 3.45. The number of fused-ring (bicyclic) bond motifs is 3. The summed E-state index contributed by atoms with van der Waals surface area (Å²) in [6, 6.07) is 5.49. The van der Waals surface area contributed by atoms with Crippen LogP contribution >= 0.6 is 15.9 Å². The maximum Gasteiger partial charge on any atom is 0.286 e. The van der Waals surface area contributed by atoms with Gasteiger partial charge in [-0.1, -0.05) is 22.0 Å². The molecule has 0 saturated carbocycles. The lowest BCUT2D eigenvalue weighted by molar-refractivity contribution is 0.974. The normalized spacial score (nSPS) is 11.3. The Morgan fingerprint density at radius 2 is 1.75 bits per heavy atom. The maximum atomic E-state index is 11.7. The van der Waals surface area contributed by atoms with Gasteiger partial charge in [-0.25, -0.2) is 0 Å². The lowest BCUT2D eigenvalue weighted by atomic mass is 10.2. The van der Waals surface area contributed by atoms with E-state index in [2.05, 4.69) is 31.1 Å². The van der Waals surface area contributed by atoms with Gasteiger partial charge in [0.2, 0.25) is 0 Å². The molecule has 0 amide bonds. The average Bonchev–Trinajstić information content (AvgIpc) is 2.65. The Morgan fingerprint density at radius 1 is 1.00 bits per heavy atom. The fourth-order valence-corrected chi connectivity index (χ4v) is 2.40. The fraction of sp³-hybridized carbons (Fsp3) is 0. The Hall–Kier alpha value is -1.82. The van der Waals surface area contributed by atoms with E-state index in [9.17, 15) is 9.59 Å². The minimum atomic E-state index is -0.335. The van der Waals surface area contributed by atoms with Crippen LogP contribution in [0, 0.1) is 0 Å². The molecular formula is C10H6BrN3O2. The van der Waals surface area contributed by atoms with Crippen molar-refractivity contribution in [2.75, 3.05) is 0 Å². The first-order chi connectivity index (χ1) is 7.68. The van der Waals surface area contributed by atoms with Gasteiger partial charge in [-0.3, -0.25) is 19.8 Å². The van der Waals surface area contributed by atoms with Crippen molar-refractivity contribution in [2.24, 2.45) is 0 Å². The molecule has 0 bridgehead atoms. The van der Waals surface area contributed by atoms with Crippen molar-refractivity contribution in [3.05, 3.63) is 43.4 Å². The van der Waals surface area contributed by atoms with Crippen LogP contribution in [0.25, 0.3) is 21.8 Å². The summed E-state index contributed by atoms with van der Waals surface area (Å²) in [6.45, 7) is 0. The van der Waals surface area contributed by atoms with Crippen LogP contribution in [0.5, 0.6) is 0 Å². The molecule has 80 valence electrons. The second-order valence-corrected chi connectivity index (χ2v) is 4.30. The van der Waals surface area contributed by atoms with Gasteiger partial charge < -0.3 is 4.98 Å². The predicted octanol–water partition coefficient (Wildman–Crippen LogP) is 1.46. The van der Waals surface area contributed by atoms with Crippen molar-refractivity contribution >= 4 is 37.7 Å². The van der Waals surface area contributed by atoms with Crippen LogP contribution in [0.3, 0.4) is 0 Å². The van der Waals surface area contributed by atoms with Gasteiger partial charge in [0.05, 0.1) is 5.39 Å². The van der Waals surface area contributed by atoms with E-state index in [0.29, 0.717) is 10.9 Å². The summed E-state index contributed by atoms with van der Waals surface area (Å²) in [5, 5.41) is 5.70. The Bertz CT molecular complexity index is 812. The zero-order valence-electron chi connectivity index (χ0n) is 7.93. The summed E-state index contributed by atoms with van der Waals surface area (Å²) in [5.41, 5.74) is 0.405. The van der Waals surface area contributed by atoms with Crippen molar-refractivity contribution < 1.29 is 0 Å². The predicted molar refractivity (Wildman–Crippen MR) is 64.7 cm³/mol. The quantitative estimate of drug-likeness (QED) is 0.582. The molecule has 0 atom stereocenters. The molecule has 0 unspecified atom stereocenters. The molecule has 0 fully saturated rings. The third-order valence-corrected chi connectivity index (χ3v) is 3.18. The van der Waals surface area contributed by atoms with Crippen molar-refractivity contribution in [1.82, 2.24) is 15.2 Å². The SMILES string of the molecule is O=c1[nH][nH]c(=O)c2c1[nH]c1cccc(Br)c12. The van der Waals surface area contributed by atoms with Crippen LogP contribution in [0.4, 0.5) is 0 Å². The highest BCUT2D eigenvalue weighted by Crippen LogP contribution is 2.27. The highest BCUT2D eigenvalue weighted by atomic mass is 79.9. The number of hydrogen-bond acceptors (Lipinski definition) is 2. The smallest absolute Gasteiger partial charge is 0.286 e. The lowest BCUT2D eigenvalue weighted by Crippen LogP contribution is -2.18. The highest BCUT2D eigenvalue weighted by molar-refractivity contribution is 9.10. The molecule has 0 aliphatic carbocycles. The zero-order valence-corrected chi connectivity index (χ0v) is 9.51. The van der Waals surface area contributed by atoms with E-state index in [4.69, 9.17) is 0 Å². The summed E-state index contributed by atoms with van der Waals surface area (Å²) in [4.78, 5) is 26.2. The number of nitrogens with one attached hydrogen (secondary N) is 3. The molecule has 3 aromatic rings. The number of benzene rings is 1. The Morgan fingerprint density at radius 3 is 2.56 bits per heavy atom. The molecule has 0 aliphatic rings. The van der Waals surface area contributed by atoms with Crippen LogP contribution in [0.15, 0.2) is 32.3 Å². The van der Waals surface area contributed by atoms with Crippen molar-refractivity contribution in [1.29, 1.82) is 0 Å². The summed E-state index contributed by atoms with van der Waals surface area (Å²) >= 11 is 3.37. The maximum absolute atomic E-state index is 11.7. The molecule has 0 aliphatic heterocycles. The third kappa shape index (κ3) is 1.10. The van der Waals surface area contributed by atoms with Gasteiger partial charge in [-0.2, -0.15) is 0 Å². The van der Waals surface area contributed by atoms with Gasteiger partial charge >= 0.3 is 0 Å². The first-order valence-corrected chi connectivity index (χ1v) is 5.38. The van der Waals surface area contributed by atoms with Crippen LogP contribution in [0.2, 0.25) is 0 Å². The van der Waals surface area contributed by atoms with Gasteiger partial charge in [-0.05, 0) is 12.1 Å². The van der Waals surface area contributed by atoms with Crippen LogP contribution in [-0.2, 0) is 0 Å². The molecular weight excluding hydrogens is 274 g/mol. The number of rotatable bonds is 0. The van der Waals surface area contributed by atoms with Crippen molar-refractivity contribution in [3.63, 3.8) is 0 Å². The summed E-state index contributed by atoms with van der Waals surface area (Å²) in [6.07, 6.45) is 0. The zero-order chi connectivity index (χ0) is 11.3. The van der Waals surface area contributed by atoms with Crippen LogP contribution in [0.1, 0.15) is 0 Å². The van der Waals surface area contributed by atoms with E-state index in [1.165, 1.54) is 0 Å². The van der Waals surface area contributed by atoms with E-state index in [0.717, 1.165) is 15.4 Å². The fourth-order valence-electron chi connectivity index (χ4n) is 1.84. The molecule has 3 N–H and O–H groups in total. The Kier molecular flexibility index (Phi) is 1.81. The van der Waals surface area contributed by atoms with E-state index in [1.54, 1.807) is 0 Å². The Balaban J connectivity index is 2.80. The largest absolute Gasteiger partial charge is 0.350 e. The molecule has 0 spiro atoms. The third-order valence-electron chi connectivity index (χ3n) is 2.52. The standard InChI is InChI=1S/C10H6BrN3O2/c11-4-2-1-3-5-6(4)7-8(12-5)10(16)14-13-9(7)15/h1-3,12H,(H,13,15)(H,14,16). The van der Waals surface area contributed by atoms with Crippen molar-refractivity contribution in [2.45, 2.75) is 0 Å². The second kappa shape index (κ2) is 3.08. The molecule has 3 rings (SSSR count). The molecule has 2 aromatic heterocycles. The topological polar surface area (TPSA) is 81.5 Å². The first-order valence-electron chi connectivity index (χ1n) is 4.59. The lowest BCUT2D eigenvalue weighted by Gasteiger charge is -1.92. The summed E-state index contributed by atoms with van der Waals surface area (Å²) < 4.78 is 0.785. The van der Waals surface area contributed by atoms with Gasteiger partial charge in [0.15, 0.2) is 0 Å². The minimum absolute atomic E-state index is 0.297. The first kappa shape index (κ1) is 9.41. The molecule has 0 saturated heterocycles. The van der Waals surface area contributed by atoms with Gasteiger partial charge in [0, 0.05) is 15.4 Å². The van der Waals surface area contributed by atoms with Gasteiger partial charge in [-0.15, -0.1) is 0 Å². The summed E-state index contributed by atoms with van der Waals surface area (Å²) in [7, 11) is 0. The number of H-pyrrole nitrogens is 3. The molecule has 2 heterocycles. The summed E-state index contributed by atoms with van der Waals surface area (Å²) in [5.74, 6) is 0. The van der Waals surface area contributed by atoms with Gasteiger partial charge in [0.25, 0.3) is 11.1 Å². The monoisotopic (exact) mass is 279 g/mol.